The van der Waals surface area contributed by atoms with Crippen LogP contribution in [0.25, 0.3) is 5.76 Å². The number of aliphatic hydroxyl groups is 1. The summed E-state index contributed by atoms with van der Waals surface area (Å²) in [6.07, 6.45) is 0. The summed E-state index contributed by atoms with van der Waals surface area (Å²) in [6, 6.07) is 16.5. The molecule has 1 atom stereocenters. The molecule has 1 saturated heterocycles. The highest BCUT2D eigenvalue weighted by molar-refractivity contribution is 6.51. The van der Waals surface area contributed by atoms with Crippen molar-refractivity contribution in [1.29, 1.82) is 0 Å². The second kappa shape index (κ2) is 10.8. The Morgan fingerprint density at radius 1 is 0.973 bits per heavy atom. The first-order valence-electron chi connectivity index (χ1n) is 11.4. The van der Waals surface area contributed by atoms with E-state index in [1.54, 1.807) is 43.3 Å². The molecule has 8 nitrogen and oxygen atoms in total. The molecular weight excluding hydrogens is 498 g/mol. The molecule has 9 heteroatoms. The molecular formula is C28H24ClNO7. The van der Waals surface area contributed by atoms with Crippen LogP contribution in [0.4, 0.5) is 5.69 Å². The van der Waals surface area contributed by atoms with Crippen molar-refractivity contribution in [2.45, 2.75) is 13.0 Å². The summed E-state index contributed by atoms with van der Waals surface area (Å²) < 4.78 is 15.9. The minimum Gasteiger partial charge on any atom is -0.507 e. The lowest BCUT2D eigenvalue weighted by atomic mass is 9.94. The maximum atomic E-state index is 13.4. The van der Waals surface area contributed by atoms with Gasteiger partial charge in [0.25, 0.3) is 11.7 Å². The van der Waals surface area contributed by atoms with Gasteiger partial charge in [-0.1, -0.05) is 35.9 Å². The summed E-state index contributed by atoms with van der Waals surface area (Å²) in [6.45, 7) is 2.13. The molecule has 4 rings (SSSR count). The summed E-state index contributed by atoms with van der Waals surface area (Å²) in [5.74, 6) is -2.05. The van der Waals surface area contributed by atoms with E-state index >= 15 is 0 Å². The molecule has 37 heavy (non-hydrogen) atoms. The van der Waals surface area contributed by atoms with E-state index in [0.717, 1.165) is 0 Å². The van der Waals surface area contributed by atoms with Gasteiger partial charge in [-0.05, 0) is 49.4 Å². The third-order valence-electron chi connectivity index (χ3n) is 5.93. The van der Waals surface area contributed by atoms with E-state index in [9.17, 15) is 19.5 Å². The van der Waals surface area contributed by atoms with Gasteiger partial charge in [0.15, 0.2) is 0 Å². The maximum Gasteiger partial charge on any atom is 0.337 e. The van der Waals surface area contributed by atoms with Crippen molar-refractivity contribution >= 4 is 40.7 Å². The lowest BCUT2D eigenvalue weighted by Gasteiger charge is -2.27. The summed E-state index contributed by atoms with van der Waals surface area (Å²) in [4.78, 5) is 40.3. The normalized spacial score (nSPS) is 16.5. The first-order valence-corrected chi connectivity index (χ1v) is 11.7. The van der Waals surface area contributed by atoms with Crippen LogP contribution in [0.2, 0.25) is 5.02 Å². The molecule has 3 aromatic carbocycles. The van der Waals surface area contributed by atoms with Gasteiger partial charge in [0.1, 0.15) is 17.3 Å². The number of para-hydroxylation sites is 1. The largest absolute Gasteiger partial charge is 0.507 e. The number of anilines is 1. The Morgan fingerprint density at radius 2 is 1.73 bits per heavy atom. The first-order chi connectivity index (χ1) is 17.8. The summed E-state index contributed by atoms with van der Waals surface area (Å²) in [5.41, 5.74) is 1.02. The lowest BCUT2D eigenvalue weighted by molar-refractivity contribution is -0.132. The van der Waals surface area contributed by atoms with Gasteiger partial charge in [0, 0.05) is 16.8 Å². The van der Waals surface area contributed by atoms with E-state index in [1.165, 1.54) is 49.5 Å². The van der Waals surface area contributed by atoms with Crippen molar-refractivity contribution in [3.8, 4) is 11.5 Å². The number of aliphatic hydroxyl groups excluding tert-OH is 1. The molecule has 1 amide bonds. The second-order valence-corrected chi connectivity index (χ2v) is 8.44. The van der Waals surface area contributed by atoms with Gasteiger partial charge in [0.2, 0.25) is 0 Å². The van der Waals surface area contributed by atoms with Gasteiger partial charge in [-0.2, -0.15) is 0 Å². The van der Waals surface area contributed by atoms with Crippen molar-refractivity contribution in [2.75, 3.05) is 25.7 Å². The van der Waals surface area contributed by atoms with Crippen LogP contribution in [-0.2, 0) is 14.3 Å². The number of carbonyl (C=O) groups is 3. The molecule has 0 aliphatic carbocycles. The van der Waals surface area contributed by atoms with Gasteiger partial charge in [-0.25, -0.2) is 4.79 Å². The van der Waals surface area contributed by atoms with Crippen LogP contribution < -0.4 is 14.4 Å². The Hall–Kier alpha value is -4.30. The fourth-order valence-corrected chi connectivity index (χ4v) is 4.43. The number of Topliss-reactive ketones (excluding diaryl/α,β-unsaturated/α-hetero) is 1. The fraction of sp³-hybridized carbons (Fsp3) is 0.179. The Kier molecular flexibility index (Phi) is 7.50. The molecule has 1 fully saturated rings. The Bertz CT molecular complexity index is 1420. The molecule has 1 aliphatic rings. The van der Waals surface area contributed by atoms with Crippen LogP contribution in [-0.4, -0.2) is 43.6 Å². The smallest absolute Gasteiger partial charge is 0.337 e. The molecule has 1 aliphatic heterocycles. The minimum atomic E-state index is -1.06. The minimum absolute atomic E-state index is 0.150. The van der Waals surface area contributed by atoms with Gasteiger partial charge >= 0.3 is 5.97 Å². The number of carbonyl (C=O) groups excluding carboxylic acids is 3. The molecule has 0 saturated carbocycles. The van der Waals surface area contributed by atoms with Crippen molar-refractivity contribution < 1.29 is 33.7 Å². The van der Waals surface area contributed by atoms with Crippen LogP contribution in [0.1, 0.15) is 34.5 Å². The molecule has 1 unspecified atom stereocenters. The standard InChI is InChI=1S/C28H24ClNO7/c1-4-37-22-15-16(12-13-20(22)29)25(31)23-24(19-10-5-6-11-21(19)35-2)30(27(33)26(23)32)18-9-7-8-17(14-18)28(34)36-3/h5-15,24,31H,4H2,1-3H3/b25-23+. The molecule has 3 aromatic rings. The number of esters is 1. The van der Waals surface area contributed by atoms with Crippen molar-refractivity contribution in [3.05, 3.63) is 94.0 Å². The van der Waals surface area contributed by atoms with Crippen LogP contribution in [0.5, 0.6) is 11.5 Å². The van der Waals surface area contributed by atoms with Crippen LogP contribution in [0, 0.1) is 0 Å². The number of amides is 1. The van der Waals surface area contributed by atoms with Gasteiger partial charge in [0.05, 0.1) is 43.0 Å². The number of benzene rings is 3. The monoisotopic (exact) mass is 521 g/mol. The molecule has 0 aromatic heterocycles. The highest BCUT2D eigenvalue weighted by Gasteiger charge is 2.48. The zero-order chi connectivity index (χ0) is 26.7. The molecule has 1 N–H and O–H groups in total. The number of ether oxygens (including phenoxy) is 3. The molecule has 0 bridgehead atoms. The predicted molar refractivity (Wildman–Crippen MR) is 138 cm³/mol. The topological polar surface area (TPSA) is 102 Å². The highest BCUT2D eigenvalue weighted by Crippen LogP contribution is 2.45. The zero-order valence-electron chi connectivity index (χ0n) is 20.4. The summed E-state index contributed by atoms with van der Waals surface area (Å²) in [5, 5.41) is 11.7. The van der Waals surface area contributed by atoms with E-state index in [1.807, 2.05) is 0 Å². The molecule has 190 valence electrons. The van der Waals surface area contributed by atoms with E-state index in [2.05, 4.69) is 0 Å². The number of halogens is 1. The van der Waals surface area contributed by atoms with E-state index in [-0.39, 0.29) is 22.4 Å². The number of methoxy groups -OCH3 is 2. The quantitative estimate of drug-likeness (QED) is 0.198. The maximum absolute atomic E-state index is 13.4. The SMILES string of the molecule is CCOc1cc(/C(O)=C2\C(=O)C(=O)N(c3cccc(C(=O)OC)c3)C2c2ccccc2OC)ccc1Cl. The number of hydrogen-bond donors (Lipinski definition) is 1. The second-order valence-electron chi connectivity index (χ2n) is 8.03. The van der Waals surface area contributed by atoms with E-state index in [0.29, 0.717) is 28.7 Å². The summed E-state index contributed by atoms with van der Waals surface area (Å²) >= 11 is 6.20. The van der Waals surface area contributed by atoms with Crippen molar-refractivity contribution in [3.63, 3.8) is 0 Å². The fourth-order valence-electron chi connectivity index (χ4n) is 4.26. The third kappa shape index (κ3) is 4.75. The van der Waals surface area contributed by atoms with Crippen molar-refractivity contribution in [2.24, 2.45) is 0 Å². The number of rotatable bonds is 7. The number of hydrogen-bond acceptors (Lipinski definition) is 7. The number of ketones is 1. The Morgan fingerprint density at radius 3 is 2.43 bits per heavy atom. The first kappa shape index (κ1) is 25.8. The molecule has 1 heterocycles. The third-order valence-corrected chi connectivity index (χ3v) is 6.24. The average Bonchev–Trinajstić information content (AvgIpc) is 3.19. The van der Waals surface area contributed by atoms with Gasteiger partial charge in [-0.15, -0.1) is 0 Å². The molecule has 0 radical (unpaired) electrons. The molecule has 0 spiro atoms. The van der Waals surface area contributed by atoms with Gasteiger partial charge < -0.3 is 19.3 Å². The van der Waals surface area contributed by atoms with E-state index in [4.69, 9.17) is 25.8 Å². The van der Waals surface area contributed by atoms with E-state index < -0.39 is 29.5 Å². The Labute approximate surface area is 218 Å². The van der Waals surface area contributed by atoms with Crippen molar-refractivity contribution in [1.82, 2.24) is 0 Å². The van der Waals surface area contributed by atoms with Gasteiger partial charge in [-0.3, -0.25) is 14.5 Å². The average molecular weight is 522 g/mol. The number of nitrogens with zero attached hydrogens (tertiary/aromatic N) is 1. The predicted octanol–water partition coefficient (Wildman–Crippen LogP) is 5.16. The highest BCUT2D eigenvalue weighted by atomic mass is 35.5. The van der Waals surface area contributed by atoms with Crippen LogP contribution >= 0.6 is 11.6 Å². The van der Waals surface area contributed by atoms with Crippen LogP contribution in [0.3, 0.4) is 0 Å². The summed E-state index contributed by atoms with van der Waals surface area (Å²) in [7, 11) is 2.72. The zero-order valence-corrected chi connectivity index (χ0v) is 21.1. The Balaban J connectivity index is 1.97. The lowest BCUT2D eigenvalue weighted by Crippen LogP contribution is -2.29. The van der Waals surface area contributed by atoms with Crippen LogP contribution in [0.15, 0.2) is 72.3 Å².